The van der Waals surface area contributed by atoms with Gasteiger partial charge in [-0.15, -0.1) is 0 Å². The first-order valence-corrected chi connectivity index (χ1v) is 7.91. The molecule has 0 bridgehead atoms. The van der Waals surface area contributed by atoms with Crippen molar-refractivity contribution in [3.05, 3.63) is 18.0 Å². The first-order chi connectivity index (χ1) is 10.9. The maximum Gasteiger partial charge on any atom is 0.341 e. The van der Waals surface area contributed by atoms with Crippen LogP contribution < -0.4 is 5.32 Å². The fourth-order valence-corrected chi connectivity index (χ4v) is 2.07. The summed E-state index contributed by atoms with van der Waals surface area (Å²) in [6, 6.07) is 0.407. The van der Waals surface area contributed by atoms with Gasteiger partial charge in [-0.3, -0.25) is 9.48 Å². The van der Waals surface area contributed by atoms with Crippen LogP contribution in [0.3, 0.4) is 0 Å². The highest BCUT2D eigenvalue weighted by molar-refractivity contribution is 5.88. The number of hydrogen-bond acceptors (Lipinski definition) is 6. The number of nitrogens with zero attached hydrogens (tertiary/aromatic N) is 2. The molecule has 0 aromatic carbocycles. The molecule has 1 N–H and O–H groups in total. The van der Waals surface area contributed by atoms with Gasteiger partial charge in [0.2, 0.25) is 0 Å². The van der Waals surface area contributed by atoms with Gasteiger partial charge in [0.1, 0.15) is 5.60 Å². The van der Waals surface area contributed by atoms with Gasteiger partial charge < -0.3 is 14.8 Å². The van der Waals surface area contributed by atoms with Crippen molar-refractivity contribution in [1.82, 2.24) is 15.1 Å². The van der Waals surface area contributed by atoms with Gasteiger partial charge in [0.15, 0.2) is 0 Å². The standard InChI is InChI=1S/C11H17N3O2.C5H10O2/c1-2-16-11(15)9-7-13-14(8-9)10-3-5-12-6-4-10;1-5(2,3)7-4-6/h7-8,10,12H,2-6H2,1H3;4H,1-3H3. The van der Waals surface area contributed by atoms with Crippen molar-refractivity contribution >= 4 is 12.4 Å². The second-order valence-electron chi connectivity index (χ2n) is 6.24. The quantitative estimate of drug-likeness (QED) is 0.673. The Morgan fingerprint density at radius 1 is 1.43 bits per heavy atom. The van der Waals surface area contributed by atoms with Crippen LogP contribution in [-0.2, 0) is 14.3 Å². The van der Waals surface area contributed by atoms with Crippen LogP contribution in [0.4, 0.5) is 0 Å². The Morgan fingerprint density at radius 3 is 2.57 bits per heavy atom. The number of aromatic nitrogens is 2. The third-order valence-corrected chi connectivity index (χ3v) is 3.20. The fraction of sp³-hybridized carbons (Fsp3) is 0.688. The molecule has 0 radical (unpaired) electrons. The lowest BCUT2D eigenvalue weighted by Gasteiger charge is -2.22. The van der Waals surface area contributed by atoms with E-state index in [1.165, 1.54) is 0 Å². The first-order valence-electron chi connectivity index (χ1n) is 7.91. The Bertz CT molecular complexity index is 488. The Balaban J connectivity index is 0.000000322. The lowest BCUT2D eigenvalue weighted by Crippen LogP contribution is -2.29. The molecule has 0 aliphatic carbocycles. The van der Waals surface area contributed by atoms with Crippen molar-refractivity contribution in [3.8, 4) is 0 Å². The maximum absolute atomic E-state index is 11.5. The molecular formula is C16H27N3O4. The van der Waals surface area contributed by atoms with E-state index in [4.69, 9.17) is 4.74 Å². The number of nitrogens with one attached hydrogen (secondary N) is 1. The predicted molar refractivity (Wildman–Crippen MR) is 86.2 cm³/mol. The van der Waals surface area contributed by atoms with Crippen molar-refractivity contribution in [2.75, 3.05) is 19.7 Å². The van der Waals surface area contributed by atoms with Gasteiger partial charge in [-0.25, -0.2) is 4.79 Å². The van der Waals surface area contributed by atoms with E-state index in [0.29, 0.717) is 24.7 Å². The van der Waals surface area contributed by atoms with Crippen molar-refractivity contribution < 1.29 is 19.1 Å². The normalized spacial score (nSPS) is 15.3. The summed E-state index contributed by atoms with van der Waals surface area (Å²) in [6.45, 7) is 10.1. The summed E-state index contributed by atoms with van der Waals surface area (Å²) in [6.07, 6.45) is 5.49. The van der Waals surface area contributed by atoms with Crippen molar-refractivity contribution in [2.24, 2.45) is 0 Å². The van der Waals surface area contributed by atoms with Crippen LogP contribution in [0.15, 0.2) is 12.4 Å². The zero-order valence-corrected chi connectivity index (χ0v) is 14.4. The van der Waals surface area contributed by atoms with Gasteiger partial charge in [0.25, 0.3) is 6.47 Å². The van der Waals surface area contributed by atoms with E-state index in [9.17, 15) is 9.59 Å². The minimum atomic E-state index is -0.318. The molecule has 7 heteroatoms. The van der Waals surface area contributed by atoms with Crippen LogP contribution in [0.1, 0.15) is 56.9 Å². The number of hydrogen-bond donors (Lipinski definition) is 1. The van der Waals surface area contributed by atoms with Crippen LogP contribution in [0.25, 0.3) is 0 Å². The fourth-order valence-electron chi connectivity index (χ4n) is 2.07. The second-order valence-corrected chi connectivity index (χ2v) is 6.24. The highest BCUT2D eigenvalue weighted by atomic mass is 16.5. The predicted octanol–water partition coefficient (Wildman–Crippen LogP) is 1.94. The van der Waals surface area contributed by atoms with E-state index in [0.717, 1.165) is 25.9 Å². The zero-order chi connectivity index (χ0) is 17.3. The molecule has 0 spiro atoms. The third kappa shape index (κ3) is 7.27. The van der Waals surface area contributed by atoms with E-state index in [1.54, 1.807) is 19.3 Å². The van der Waals surface area contributed by atoms with Crippen LogP contribution in [-0.4, -0.2) is 47.5 Å². The molecule has 23 heavy (non-hydrogen) atoms. The lowest BCUT2D eigenvalue weighted by molar-refractivity contribution is -0.138. The second kappa shape index (κ2) is 9.29. The smallest absolute Gasteiger partial charge is 0.341 e. The summed E-state index contributed by atoms with van der Waals surface area (Å²) in [5.74, 6) is -0.289. The van der Waals surface area contributed by atoms with Crippen LogP contribution in [0, 0.1) is 0 Å². The molecule has 0 amide bonds. The molecule has 1 aromatic rings. The zero-order valence-electron chi connectivity index (χ0n) is 14.4. The molecule has 130 valence electrons. The number of rotatable bonds is 4. The van der Waals surface area contributed by atoms with Gasteiger partial charge in [-0.05, 0) is 53.6 Å². The van der Waals surface area contributed by atoms with E-state index in [2.05, 4.69) is 15.2 Å². The first kappa shape index (κ1) is 19.2. The number of esters is 1. The van der Waals surface area contributed by atoms with Gasteiger partial charge in [0.05, 0.1) is 24.4 Å². The van der Waals surface area contributed by atoms with Crippen LogP contribution >= 0.6 is 0 Å². The highest BCUT2D eigenvalue weighted by Crippen LogP contribution is 2.18. The SMILES string of the molecule is CC(C)(C)OC=O.CCOC(=O)c1cnn(C2CCNCC2)c1. The third-order valence-electron chi connectivity index (χ3n) is 3.20. The molecule has 1 aromatic heterocycles. The maximum atomic E-state index is 11.5. The minimum absolute atomic E-state index is 0.289. The Labute approximate surface area is 137 Å². The summed E-state index contributed by atoms with van der Waals surface area (Å²) in [7, 11) is 0. The molecule has 0 unspecified atom stereocenters. The van der Waals surface area contributed by atoms with Crippen molar-refractivity contribution in [3.63, 3.8) is 0 Å². The monoisotopic (exact) mass is 325 g/mol. The van der Waals surface area contributed by atoms with Gasteiger partial charge >= 0.3 is 5.97 Å². The molecule has 1 fully saturated rings. The van der Waals surface area contributed by atoms with Gasteiger partial charge in [-0.1, -0.05) is 0 Å². The van der Waals surface area contributed by atoms with Gasteiger partial charge in [0, 0.05) is 6.20 Å². The van der Waals surface area contributed by atoms with Crippen molar-refractivity contribution in [1.29, 1.82) is 0 Å². The van der Waals surface area contributed by atoms with Crippen LogP contribution in [0.5, 0.6) is 0 Å². The number of piperidine rings is 1. The van der Waals surface area contributed by atoms with Crippen LogP contribution in [0.2, 0.25) is 0 Å². The molecule has 1 saturated heterocycles. The minimum Gasteiger partial charge on any atom is -0.462 e. The molecule has 2 heterocycles. The number of ether oxygens (including phenoxy) is 2. The summed E-state index contributed by atoms with van der Waals surface area (Å²) >= 11 is 0. The molecule has 0 saturated carbocycles. The van der Waals surface area contributed by atoms with Crippen molar-refractivity contribution in [2.45, 2.75) is 52.2 Å². The molecule has 2 rings (SSSR count). The molecule has 7 nitrogen and oxygen atoms in total. The number of carbonyl (C=O) groups is 2. The highest BCUT2D eigenvalue weighted by Gasteiger charge is 2.17. The average molecular weight is 325 g/mol. The molecular weight excluding hydrogens is 298 g/mol. The summed E-state index contributed by atoms with van der Waals surface area (Å²) < 4.78 is 11.4. The summed E-state index contributed by atoms with van der Waals surface area (Å²) in [4.78, 5) is 21.1. The van der Waals surface area contributed by atoms with E-state index >= 15 is 0 Å². The molecule has 0 atom stereocenters. The van der Waals surface area contributed by atoms with E-state index < -0.39 is 0 Å². The Morgan fingerprint density at radius 2 is 2.09 bits per heavy atom. The van der Waals surface area contributed by atoms with E-state index in [1.807, 2.05) is 25.5 Å². The molecule has 1 aliphatic rings. The summed E-state index contributed by atoms with van der Waals surface area (Å²) in [5.41, 5.74) is 0.224. The average Bonchev–Trinajstić information content (AvgIpc) is 2.98. The van der Waals surface area contributed by atoms with E-state index in [-0.39, 0.29) is 11.6 Å². The topological polar surface area (TPSA) is 82.5 Å². The van der Waals surface area contributed by atoms with Gasteiger partial charge in [-0.2, -0.15) is 5.10 Å². The largest absolute Gasteiger partial charge is 0.462 e. The lowest BCUT2D eigenvalue weighted by atomic mass is 10.1. The summed E-state index contributed by atoms with van der Waals surface area (Å²) in [5, 5.41) is 7.53. The Kier molecular flexibility index (Phi) is 7.74. The number of carbonyl (C=O) groups excluding carboxylic acids is 2. The molecule has 1 aliphatic heterocycles. The Hall–Kier alpha value is -1.89.